The van der Waals surface area contributed by atoms with Crippen LogP contribution in [0.5, 0.6) is 5.88 Å². The molecule has 2 aromatic rings. The second kappa shape index (κ2) is 6.18. The number of ether oxygens (including phenoxy) is 1. The summed E-state index contributed by atoms with van der Waals surface area (Å²) in [5, 5.41) is 3.00. The van der Waals surface area contributed by atoms with E-state index >= 15 is 0 Å². The molecule has 0 saturated heterocycles. The van der Waals surface area contributed by atoms with Crippen molar-refractivity contribution in [2.24, 2.45) is 0 Å². The SMILES string of the molecule is CCCOc1ncnc(Nc2cccc(F)c2C)c1N. The molecule has 6 heteroatoms. The predicted molar refractivity (Wildman–Crippen MR) is 76.7 cm³/mol. The Balaban J connectivity index is 2.27. The Labute approximate surface area is 117 Å². The van der Waals surface area contributed by atoms with E-state index in [0.717, 1.165) is 6.42 Å². The van der Waals surface area contributed by atoms with Gasteiger partial charge in [-0.15, -0.1) is 0 Å². The molecule has 0 aliphatic rings. The van der Waals surface area contributed by atoms with Gasteiger partial charge in [-0.25, -0.2) is 9.37 Å². The Morgan fingerprint density at radius 2 is 2.15 bits per heavy atom. The first kappa shape index (κ1) is 14.0. The molecule has 0 spiro atoms. The molecule has 0 fully saturated rings. The van der Waals surface area contributed by atoms with E-state index in [4.69, 9.17) is 10.5 Å². The molecule has 0 atom stereocenters. The van der Waals surface area contributed by atoms with Crippen LogP contribution in [0, 0.1) is 12.7 Å². The lowest BCUT2D eigenvalue weighted by molar-refractivity contribution is 0.307. The molecule has 20 heavy (non-hydrogen) atoms. The monoisotopic (exact) mass is 276 g/mol. The number of anilines is 3. The van der Waals surface area contributed by atoms with Gasteiger partial charge in [0.15, 0.2) is 5.82 Å². The molecular weight excluding hydrogens is 259 g/mol. The van der Waals surface area contributed by atoms with Gasteiger partial charge in [-0.3, -0.25) is 0 Å². The first-order chi connectivity index (χ1) is 9.63. The second-order valence-corrected chi connectivity index (χ2v) is 4.33. The number of hydrogen-bond acceptors (Lipinski definition) is 5. The Bertz CT molecular complexity index is 604. The van der Waals surface area contributed by atoms with Crippen molar-refractivity contribution < 1.29 is 9.13 Å². The minimum Gasteiger partial charge on any atom is -0.476 e. The summed E-state index contributed by atoms with van der Waals surface area (Å²) in [5.74, 6) is 0.447. The molecular formula is C14H17FN4O. The van der Waals surface area contributed by atoms with E-state index in [0.29, 0.717) is 35.2 Å². The maximum absolute atomic E-state index is 13.5. The van der Waals surface area contributed by atoms with Crippen LogP contribution in [-0.2, 0) is 0 Å². The summed E-state index contributed by atoms with van der Waals surface area (Å²) in [6.07, 6.45) is 2.22. The molecule has 1 heterocycles. The van der Waals surface area contributed by atoms with Crippen LogP contribution in [0.2, 0.25) is 0 Å². The molecule has 0 saturated carbocycles. The number of hydrogen-bond donors (Lipinski definition) is 2. The molecule has 5 nitrogen and oxygen atoms in total. The van der Waals surface area contributed by atoms with E-state index in [1.807, 2.05) is 6.92 Å². The summed E-state index contributed by atoms with van der Waals surface area (Å²) in [4.78, 5) is 8.05. The van der Waals surface area contributed by atoms with Gasteiger partial charge in [0.25, 0.3) is 0 Å². The molecule has 0 aliphatic carbocycles. The molecule has 0 amide bonds. The number of rotatable bonds is 5. The van der Waals surface area contributed by atoms with Crippen LogP contribution in [0.15, 0.2) is 24.5 Å². The van der Waals surface area contributed by atoms with Gasteiger partial charge in [0.2, 0.25) is 5.88 Å². The Hall–Kier alpha value is -2.37. The van der Waals surface area contributed by atoms with Crippen molar-refractivity contribution in [1.29, 1.82) is 0 Å². The third-order valence-electron chi connectivity index (χ3n) is 2.81. The van der Waals surface area contributed by atoms with Crippen LogP contribution >= 0.6 is 0 Å². The van der Waals surface area contributed by atoms with Gasteiger partial charge >= 0.3 is 0 Å². The Morgan fingerprint density at radius 3 is 2.90 bits per heavy atom. The summed E-state index contributed by atoms with van der Waals surface area (Å²) in [6.45, 7) is 4.20. The largest absolute Gasteiger partial charge is 0.476 e. The van der Waals surface area contributed by atoms with E-state index in [9.17, 15) is 4.39 Å². The number of nitrogens with one attached hydrogen (secondary N) is 1. The molecule has 3 N–H and O–H groups in total. The second-order valence-electron chi connectivity index (χ2n) is 4.33. The van der Waals surface area contributed by atoms with Gasteiger partial charge in [0.1, 0.15) is 17.8 Å². The maximum Gasteiger partial charge on any atom is 0.242 e. The number of nitrogen functional groups attached to an aromatic ring is 1. The fraction of sp³-hybridized carbons (Fsp3) is 0.286. The van der Waals surface area contributed by atoms with Gasteiger partial charge in [-0.1, -0.05) is 13.0 Å². The molecule has 1 aromatic carbocycles. The van der Waals surface area contributed by atoms with Crippen LogP contribution < -0.4 is 15.8 Å². The highest BCUT2D eigenvalue weighted by Crippen LogP contribution is 2.29. The average Bonchev–Trinajstić information content (AvgIpc) is 2.44. The summed E-state index contributed by atoms with van der Waals surface area (Å²) >= 11 is 0. The van der Waals surface area contributed by atoms with E-state index < -0.39 is 0 Å². The van der Waals surface area contributed by atoms with Crippen LogP contribution in [0.25, 0.3) is 0 Å². The normalized spacial score (nSPS) is 10.3. The summed E-state index contributed by atoms with van der Waals surface area (Å²) in [7, 11) is 0. The van der Waals surface area contributed by atoms with Crippen molar-refractivity contribution in [1.82, 2.24) is 9.97 Å². The van der Waals surface area contributed by atoms with Crippen LogP contribution in [0.4, 0.5) is 21.6 Å². The van der Waals surface area contributed by atoms with Crippen LogP contribution in [0.1, 0.15) is 18.9 Å². The number of nitrogens with two attached hydrogens (primary N) is 1. The minimum atomic E-state index is -0.287. The fourth-order valence-electron chi connectivity index (χ4n) is 1.66. The lowest BCUT2D eigenvalue weighted by atomic mass is 10.2. The highest BCUT2D eigenvalue weighted by Gasteiger charge is 2.11. The predicted octanol–water partition coefficient (Wildman–Crippen LogP) is 3.04. The van der Waals surface area contributed by atoms with Crippen molar-refractivity contribution in [2.45, 2.75) is 20.3 Å². The van der Waals surface area contributed by atoms with E-state index in [1.165, 1.54) is 12.4 Å². The number of aromatic nitrogens is 2. The van der Waals surface area contributed by atoms with Gasteiger partial charge in [0, 0.05) is 11.3 Å². The fourth-order valence-corrected chi connectivity index (χ4v) is 1.66. The molecule has 2 rings (SSSR count). The summed E-state index contributed by atoms with van der Waals surface area (Å²) < 4.78 is 18.9. The smallest absolute Gasteiger partial charge is 0.242 e. The first-order valence-corrected chi connectivity index (χ1v) is 6.39. The highest BCUT2D eigenvalue weighted by molar-refractivity contribution is 5.73. The molecule has 0 bridgehead atoms. The van der Waals surface area contributed by atoms with Crippen molar-refractivity contribution in [3.05, 3.63) is 35.9 Å². The quantitative estimate of drug-likeness (QED) is 0.878. The third-order valence-corrected chi connectivity index (χ3v) is 2.81. The zero-order chi connectivity index (χ0) is 14.5. The molecule has 106 valence electrons. The van der Waals surface area contributed by atoms with Gasteiger partial charge in [0.05, 0.1) is 6.61 Å². The van der Waals surface area contributed by atoms with Crippen LogP contribution in [-0.4, -0.2) is 16.6 Å². The van der Waals surface area contributed by atoms with E-state index in [-0.39, 0.29) is 5.82 Å². The van der Waals surface area contributed by atoms with Crippen molar-refractivity contribution in [3.8, 4) is 5.88 Å². The average molecular weight is 276 g/mol. The van der Waals surface area contributed by atoms with Crippen molar-refractivity contribution >= 4 is 17.2 Å². The summed E-state index contributed by atoms with van der Waals surface area (Å²) in [5.41, 5.74) is 7.37. The third kappa shape index (κ3) is 2.96. The number of benzene rings is 1. The standard InChI is InChI=1S/C14H17FN4O/c1-3-7-20-14-12(16)13(17-8-18-14)19-11-6-4-5-10(15)9(11)2/h4-6,8H,3,7,16H2,1-2H3,(H,17,18,19). The zero-order valence-corrected chi connectivity index (χ0v) is 11.5. The molecule has 0 radical (unpaired) electrons. The zero-order valence-electron chi connectivity index (χ0n) is 11.5. The lowest BCUT2D eigenvalue weighted by Gasteiger charge is -2.13. The van der Waals surface area contributed by atoms with Gasteiger partial charge < -0.3 is 15.8 Å². The van der Waals surface area contributed by atoms with Gasteiger partial charge in [-0.05, 0) is 25.5 Å². The number of halogens is 1. The van der Waals surface area contributed by atoms with Crippen molar-refractivity contribution in [2.75, 3.05) is 17.7 Å². The first-order valence-electron chi connectivity index (χ1n) is 6.39. The Morgan fingerprint density at radius 1 is 1.35 bits per heavy atom. The summed E-state index contributed by atoms with van der Waals surface area (Å²) in [6, 6.07) is 4.78. The van der Waals surface area contributed by atoms with Crippen LogP contribution in [0.3, 0.4) is 0 Å². The van der Waals surface area contributed by atoms with E-state index in [2.05, 4.69) is 15.3 Å². The van der Waals surface area contributed by atoms with Crippen molar-refractivity contribution in [3.63, 3.8) is 0 Å². The molecule has 0 unspecified atom stereocenters. The minimum absolute atomic E-state index is 0.287. The maximum atomic E-state index is 13.5. The molecule has 1 aromatic heterocycles. The molecule has 0 aliphatic heterocycles. The highest BCUT2D eigenvalue weighted by atomic mass is 19.1. The lowest BCUT2D eigenvalue weighted by Crippen LogP contribution is -2.06. The Kier molecular flexibility index (Phi) is 4.34. The topological polar surface area (TPSA) is 73.1 Å². The number of nitrogens with zero attached hydrogens (tertiary/aromatic N) is 2. The van der Waals surface area contributed by atoms with Gasteiger partial charge in [-0.2, -0.15) is 4.98 Å². The van der Waals surface area contributed by atoms with E-state index in [1.54, 1.807) is 19.1 Å².